The summed E-state index contributed by atoms with van der Waals surface area (Å²) in [6.45, 7) is 17.4. The van der Waals surface area contributed by atoms with Crippen LogP contribution in [0.5, 0.6) is 0 Å². The third-order valence-electron chi connectivity index (χ3n) is 6.34. The summed E-state index contributed by atoms with van der Waals surface area (Å²) in [4.78, 5) is 2.61. The summed E-state index contributed by atoms with van der Waals surface area (Å²) < 4.78 is 0. The van der Waals surface area contributed by atoms with Gasteiger partial charge in [-0.15, -0.1) is 0 Å². The number of hydrogen-bond donors (Lipinski definition) is 1. The summed E-state index contributed by atoms with van der Waals surface area (Å²) in [6, 6.07) is 0.548. The monoisotopic (exact) mass is 296 g/mol. The molecule has 0 spiro atoms. The minimum atomic E-state index is 0.201. The lowest BCUT2D eigenvalue weighted by Crippen LogP contribution is -2.57. The maximum absolute atomic E-state index is 6.30. The SMILES string of the molecule is CC(N(C)C1(CN)CCCC(C(C)(C)C)CC1)C(C)(C)C. The van der Waals surface area contributed by atoms with Crippen molar-refractivity contribution in [3.63, 3.8) is 0 Å². The Balaban J connectivity index is 2.91. The Morgan fingerprint density at radius 1 is 1.10 bits per heavy atom. The Kier molecular flexibility index (Phi) is 5.94. The second-order valence-electron chi connectivity index (χ2n) is 9.58. The van der Waals surface area contributed by atoms with Crippen molar-refractivity contribution in [1.82, 2.24) is 4.90 Å². The second kappa shape index (κ2) is 6.58. The summed E-state index contributed by atoms with van der Waals surface area (Å²) in [5.41, 5.74) is 7.23. The van der Waals surface area contributed by atoms with Crippen molar-refractivity contribution >= 4 is 0 Å². The van der Waals surface area contributed by atoms with Crippen LogP contribution in [0.1, 0.15) is 80.6 Å². The topological polar surface area (TPSA) is 29.3 Å². The lowest BCUT2D eigenvalue weighted by atomic mass is 9.75. The van der Waals surface area contributed by atoms with Crippen LogP contribution < -0.4 is 5.73 Å². The van der Waals surface area contributed by atoms with Crippen LogP contribution in [-0.4, -0.2) is 30.1 Å². The molecule has 2 heteroatoms. The van der Waals surface area contributed by atoms with Crippen LogP contribution in [0.4, 0.5) is 0 Å². The van der Waals surface area contributed by atoms with E-state index < -0.39 is 0 Å². The van der Waals surface area contributed by atoms with Crippen molar-refractivity contribution in [2.24, 2.45) is 22.5 Å². The predicted octanol–water partition coefficient (Wildman–Crippen LogP) is 4.68. The van der Waals surface area contributed by atoms with Gasteiger partial charge in [0.15, 0.2) is 0 Å². The highest BCUT2D eigenvalue weighted by molar-refractivity contribution is 4.97. The molecule has 0 radical (unpaired) electrons. The zero-order valence-corrected chi connectivity index (χ0v) is 15.9. The molecule has 0 aromatic heterocycles. The summed E-state index contributed by atoms with van der Waals surface area (Å²) >= 11 is 0. The van der Waals surface area contributed by atoms with Gasteiger partial charge >= 0.3 is 0 Å². The first-order chi connectivity index (χ1) is 9.44. The molecule has 3 unspecified atom stereocenters. The predicted molar refractivity (Wildman–Crippen MR) is 94.5 cm³/mol. The van der Waals surface area contributed by atoms with Crippen LogP contribution in [-0.2, 0) is 0 Å². The fraction of sp³-hybridized carbons (Fsp3) is 1.00. The largest absolute Gasteiger partial charge is 0.329 e. The minimum Gasteiger partial charge on any atom is -0.329 e. The molecule has 0 bridgehead atoms. The third kappa shape index (κ3) is 4.45. The van der Waals surface area contributed by atoms with E-state index in [0.29, 0.717) is 16.9 Å². The smallest absolute Gasteiger partial charge is 0.0331 e. The van der Waals surface area contributed by atoms with E-state index in [4.69, 9.17) is 5.73 Å². The Morgan fingerprint density at radius 2 is 1.67 bits per heavy atom. The standard InChI is InChI=1S/C19H40N2/c1-15(17(2,3)4)21(8)19(14-20)12-9-10-16(11-13-19)18(5,6)7/h15-16H,9-14,20H2,1-8H3. The van der Waals surface area contributed by atoms with Gasteiger partial charge in [0.2, 0.25) is 0 Å². The summed E-state index contributed by atoms with van der Waals surface area (Å²) in [5, 5.41) is 0. The summed E-state index contributed by atoms with van der Waals surface area (Å²) in [6.07, 6.45) is 6.51. The Hall–Kier alpha value is -0.0800. The van der Waals surface area contributed by atoms with Gasteiger partial charge in [-0.25, -0.2) is 0 Å². The van der Waals surface area contributed by atoms with E-state index in [2.05, 4.69) is 60.4 Å². The van der Waals surface area contributed by atoms with E-state index in [0.717, 1.165) is 12.5 Å². The average molecular weight is 297 g/mol. The fourth-order valence-electron chi connectivity index (χ4n) is 3.95. The molecule has 0 amide bonds. The van der Waals surface area contributed by atoms with Crippen molar-refractivity contribution in [2.45, 2.75) is 92.2 Å². The van der Waals surface area contributed by atoms with Crippen LogP contribution in [0.15, 0.2) is 0 Å². The van der Waals surface area contributed by atoms with Gasteiger partial charge in [-0.05, 0) is 56.4 Å². The normalized spacial score (nSPS) is 30.3. The first kappa shape index (κ1) is 19.0. The molecule has 2 nitrogen and oxygen atoms in total. The van der Waals surface area contributed by atoms with Gasteiger partial charge in [-0.2, -0.15) is 0 Å². The van der Waals surface area contributed by atoms with Crippen molar-refractivity contribution in [3.8, 4) is 0 Å². The van der Waals surface area contributed by atoms with E-state index in [1.165, 1.54) is 32.1 Å². The highest BCUT2D eigenvalue weighted by atomic mass is 15.2. The molecular formula is C19H40N2. The molecule has 1 rings (SSSR count). The van der Waals surface area contributed by atoms with Crippen LogP contribution in [0, 0.1) is 16.7 Å². The third-order valence-corrected chi connectivity index (χ3v) is 6.34. The first-order valence-electron chi connectivity index (χ1n) is 8.87. The average Bonchev–Trinajstić information content (AvgIpc) is 2.58. The quantitative estimate of drug-likeness (QED) is 0.766. The van der Waals surface area contributed by atoms with Gasteiger partial charge < -0.3 is 5.73 Å². The molecule has 2 N–H and O–H groups in total. The number of likely N-dealkylation sites (N-methyl/N-ethyl adjacent to an activating group) is 1. The van der Waals surface area contributed by atoms with Crippen LogP contribution in [0.2, 0.25) is 0 Å². The molecule has 0 aromatic rings. The molecule has 0 aliphatic heterocycles. The van der Waals surface area contributed by atoms with Crippen molar-refractivity contribution in [3.05, 3.63) is 0 Å². The van der Waals surface area contributed by atoms with Crippen molar-refractivity contribution in [1.29, 1.82) is 0 Å². The molecular weight excluding hydrogens is 256 g/mol. The van der Waals surface area contributed by atoms with Gasteiger partial charge in [-0.1, -0.05) is 48.0 Å². The van der Waals surface area contributed by atoms with E-state index in [1.807, 2.05) is 0 Å². The molecule has 1 aliphatic carbocycles. The van der Waals surface area contributed by atoms with Crippen LogP contribution in [0.25, 0.3) is 0 Å². The summed E-state index contributed by atoms with van der Waals surface area (Å²) in [5.74, 6) is 0.837. The zero-order valence-electron chi connectivity index (χ0n) is 15.9. The van der Waals surface area contributed by atoms with Gasteiger partial charge in [-0.3, -0.25) is 4.90 Å². The first-order valence-corrected chi connectivity index (χ1v) is 8.87. The van der Waals surface area contributed by atoms with Crippen LogP contribution >= 0.6 is 0 Å². The minimum absolute atomic E-state index is 0.201. The van der Waals surface area contributed by atoms with E-state index >= 15 is 0 Å². The summed E-state index contributed by atoms with van der Waals surface area (Å²) in [7, 11) is 2.31. The zero-order chi connectivity index (χ0) is 16.5. The van der Waals surface area contributed by atoms with Crippen molar-refractivity contribution in [2.75, 3.05) is 13.6 Å². The number of nitrogens with two attached hydrogens (primary N) is 1. The number of rotatable bonds is 3. The van der Waals surface area contributed by atoms with E-state index in [9.17, 15) is 0 Å². The highest BCUT2D eigenvalue weighted by Gasteiger charge is 2.41. The number of hydrogen-bond acceptors (Lipinski definition) is 2. The second-order valence-corrected chi connectivity index (χ2v) is 9.58. The van der Waals surface area contributed by atoms with Crippen LogP contribution in [0.3, 0.4) is 0 Å². The Bertz CT molecular complexity index is 323. The molecule has 1 fully saturated rings. The molecule has 3 atom stereocenters. The molecule has 1 aliphatic rings. The Morgan fingerprint density at radius 3 is 2.10 bits per heavy atom. The van der Waals surface area contributed by atoms with E-state index in [1.54, 1.807) is 0 Å². The molecule has 0 heterocycles. The molecule has 0 aromatic carbocycles. The molecule has 126 valence electrons. The van der Waals surface area contributed by atoms with Crippen molar-refractivity contribution < 1.29 is 0 Å². The lowest BCUT2D eigenvalue weighted by molar-refractivity contribution is 0.0196. The van der Waals surface area contributed by atoms with E-state index in [-0.39, 0.29) is 5.54 Å². The van der Waals surface area contributed by atoms with Gasteiger partial charge in [0.25, 0.3) is 0 Å². The lowest BCUT2D eigenvalue weighted by Gasteiger charge is -2.48. The van der Waals surface area contributed by atoms with Gasteiger partial charge in [0.1, 0.15) is 0 Å². The molecule has 21 heavy (non-hydrogen) atoms. The number of nitrogens with zero attached hydrogens (tertiary/aromatic N) is 1. The molecule has 1 saturated carbocycles. The fourth-order valence-corrected chi connectivity index (χ4v) is 3.95. The maximum atomic E-state index is 6.30. The Labute approximate surface area is 133 Å². The highest BCUT2D eigenvalue weighted by Crippen LogP contribution is 2.42. The van der Waals surface area contributed by atoms with Gasteiger partial charge in [0, 0.05) is 18.1 Å². The van der Waals surface area contributed by atoms with Gasteiger partial charge in [0.05, 0.1) is 0 Å². The molecule has 0 saturated heterocycles. The maximum Gasteiger partial charge on any atom is 0.0331 e.